The summed E-state index contributed by atoms with van der Waals surface area (Å²) in [4.78, 5) is 27.5. The normalized spacial score (nSPS) is 23.4. The van der Waals surface area contributed by atoms with E-state index < -0.39 is 0 Å². The second kappa shape index (κ2) is 6.89. The molecule has 5 heteroatoms. The van der Waals surface area contributed by atoms with Crippen LogP contribution in [0.3, 0.4) is 0 Å². The summed E-state index contributed by atoms with van der Waals surface area (Å²) in [5.74, 6) is 0.353. The number of hydrogen-bond donors (Lipinski definition) is 1. The molecule has 108 valence electrons. The van der Waals surface area contributed by atoms with Gasteiger partial charge in [0.25, 0.3) is 0 Å². The molecule has 0 bridgehead atoms. The van der Waals surface area contributed by atoms with Crippen molar-refractivity contribution in [2.45, 2.75) is 51.0 Å². The highest BCUT2D eigenvalue weighted by atomic mass is 16.3. The van der Waals surface area contributed by atoms with Gasteiger partial charge in [-0.15, -0.1) is 0 Å². The predicted molar refractivity (Wildman–Crippen MR) is 71.5 cm³/mol. The highest BCUT2D eigenvalue weighted by Gasteiger charge is 2.29. The van der Waals surface area contributed by atoms with Gasteiger partial charge >= 0.3 is 0 Å². The van der Waals surface area contributed by atoms with E-state index >= 15 is 0 Å². The topological polar surface area (TPSA) is 60.9 Å². The van der Waals surface area contributed by atoms with Gasteiger partial charge in [0.05, 0.1) is 0 Å². The van der Waals surface area contributed by atoms with E-state index in [1.54, 1.807) is 4.90 Å². The maximum absolute atomic E-state index is 12.2. The summed E-state index contributed by atoms with van der Waals surface area (Å²) in [6.07, 6.45) is 5.77. The lowest BCUT2D eigenvalue weighted by atomic mass is 10.1. The number of amides is 2. The van der Waals surface area contributed by atoms with Gasteiger partial charge in [0.15, 0.2) is 0 Å². The van der Waals surface area contributed by atoms with Crippen LogP contribution in [-0.4, -0.2) is 59.0 Å². The van der Waals surface area contributed by atoms with Crippen LogP contribution in [0.2, 0.25) is 0 Å². The summed E-state index contributed by atoms with van der Waals surface area (Å²) in [6.45, 7) is 2.41. The number of aliphatic hydroxyl groups excluding tert-OH is 1. The van der Waals surface area contributed by atoms with Crippen LogP contribution in [0.25, 0.3) is 0 Å². The van der Waals surface area contributed by atoms with Crippen LogP contribution in [0.5, 0.6) is 0 Å². The third-order valence-corrected chi connectivity index (χ3v) is 4.16. The number of carbonyl (C=O) groups excluding carboxylic acids is 2. The van der Waals surface area contributed by atoms with Crippen molar-refractivity contribution in [1.82, 2.24) is 9.80 Å². The lowest BCUT2D eigenvalue weighted by Gasteiger charge is -2.25. The average molecular weight is 268 g/mol. The Hall–Kier alpha value is -1.10. The van der Waals surface area contributed by atoms with Crippen molar-refractivity contribution in [3.8, 4) is 0 Å². The zero-order chi connectivity index (χ0) is 13.7. The number of rotatable bonds is 6. The van der Waals surface area contributed by atoms with Gasteiger partial charge in [-0.1, -0.05) is 0 Å². The molecule has 2 aliphatic rings. The largest absolute Gasteiger partial charge is 0.396 e. The van der Waals surface area contributed by atoms with E-state index in [1.165, 1.54) is 0 Å². The molecule has 0 saturated carbocycles. The molecule has 0 radical (unpaired) electrons. The Balaban J connectivity index is 1.76. The van der Waals surface area contributed by atoms with E-state index in [0.717, 1.165) is 45.2 Å². The molecule has 5 nitrogen and oxygen atoms in total. The Morgan fingerprint density at radius 3 is 2.84 bits per heavy atom. The van der Waals surface area contributed by atoms with Crippen molar-refractivity contribution >= 4 is 11.8 Å². The Labute approximate surface area is 114 Å². The molecule has 2 saturated heterocycles. The van der Waals surface area contributed by atoms with Crippen molar-refractivity contribution in [2.75, 3.05) is 26.2 Å². The zero-order valence-corrected chi connectivity index (χ0v) is 11.5. The smallest absolute Gasteiger partial charge is 0.224 e. The van der Waals surface area contributed by atoms with Crippen molar-refractivity contribution < 1.29 is 14.7 Å². The fraction of sp³-hybridized carbons (Fsp3) is 0.857. The molecule has 0 aromatic heterocycles. The molecule has 0 aliphatic carbocycles. The number of nitrogens with zero attached hydrogens (tertiary/aromatic N) is 2. The van der Waals surface area contributed by atoms with Gasteiger partial charge in [0.2, 0.25) is 11.8 Å². The van der Waals surface area contributed by atoms with Crippen LogP contribution < -0.4 is 0 Å². The minimum Gasteiger partial charge on any atom is -0.396 e. The van der Waals surface area contributed by atoms with E-state index in [2.05, 4.69) is 0 Å². The van der Waals surface area contributed by atoms with E-state index in [9.17, 15) is 9.59 Å². The lowest BCUT2D eigenvalue weighted by molar-refractivity contribution is -0.133. The zero-order valence-electron chi connectivity index (χ0n) is 11.5. The van der Waals surface area contributed by atoms with Crippen LogP contribution >= 0.6 is 0 Å². The molecule has 0 aromatic rings. The Morgan fingerprint density at radius 2 is 2.16 bits per heavy atom. The molecule has 2 amide bonds. The van der Waals surface area contributed by atoms with Crippen molar-refractivity contribution in [2.24, 2.45) is 0 Å². The molecule has 19 heavy (non-hydrogen) atoms. The molecular formula is C14H24N2O3. The van der Waals surface area contributed by atoms with Crippen molar-refractivity contribution in [3.05, 3.63) is 0 Å². The van der Waals surface area contributed by atoms with Crippen LogP contribution in [0.4, 0.5) is 0 Å². The fourth-order valence-electron chi connectivity index (χ4n) is 3.11. The standard InChI is InChI=1S/C14H24N2O3/c17-11-3-5-12-4-1-9-16(12)14(19)7-10-15-8-2-6-13(15)18/h12,17H,1-11H2. The second-order valence-electron chi connectivity index (χ2n) is 5.48. The number of likely N-dealkylation sites (tertiary alicyclic amines) is 2. The van der Waals surface area contributed by atoms with Gasteiger partial charge < -0.3 is 14.9 Å². The molecule has 2 fully saturated rings. The van der Waals surface area contributed by atoms with Crippen LogP contribution in [0, 0.1) is 0 Å². The summed E-state index contributed by atoms with van der Waals surface area (Å²) >= 11 is 0. The van der Waals surface area contributed by atoms with Crippen LogP contribution in [0.1, 0.15) is 44.9 Å². The monoisotopic (exact) mass is 268 g/mol. The van der Waals surface area contributed by atoms with E-state index in [0.29, 0.717) is 25.4 Å². The summed E-state index contributed by atoms with van der Waals surface area (Å²) < 4.78 is 0. The fourth-order valence-corrected chi connectivity index (χ4v) is 3.11. The number of carbonyl (C=O) groups is 2. The van der Waals surface area contributed by atoms with Crippen molar-refractivity contribution in [3.63, 3.8) is 0 Å². The third kappa shape index (κ3) is 3.69. The molecule has 0 spiro atoms. The Bertz CT molecular complexity index is 333. The Kier molecular flexibility index (Phi) is 5.19. The van der Waals surface area contributed by atoms with Crippen LogP contribution in [-0.2, 0) is 9.59 Å². The van der Waals surface area contributed by atoms with E-state index in [4.69, 9.17) is 5.11 Å². The molecule has 1 atom stereocenters. The molecule has 2 heterocycles. The van der Waals surface area contributed by atoms with Crippen molar-refractivity contribution in [1.29, 1.82) is 0 Å². The van der Waals surface area contributed by atoms with Gasteiger partial charge in [0, 0.05) is 45.1 Å². The Morgan fingerprint density at radius 1 is 1.32 bits per heavy atom. The highest BCUT2D eigenvalue weighted by molar-refractivity contribution is 5.80. The second-order valence-corrected chi connectivity index (χ2v) is 5.48. The average Bonchev–Trinajstić information content (AvgIpc) is 3.02. The summed E-state index contributed by atoms with van der Waals surface area (Å²) in [7, 11) is 0. The molecule has 2 rings (SSSR count). The van der Waals surface area contributed by atoms with Gasteiger partial charge in [-0.05, 0) is 32.1 Å². The summed E-state index contributed by atoms with van der Waals surface area (Å²) in [5.41, 5.74) is 0. The lowest BCUT2D eigenvalue weighted by Crippen LogP contribution is -2.38. The first-order chi connectivity index (χ1) is 9.22. The quantitative estimate of drug-likeness (QED) is 0.774. The number of hydrogen-bond acceptors (Lipinski definition) is 3. The molecule has 1 unspecified atom stereocenters. The number of aliphatic hydroxyl groups is 1. The van der Waals surface area contributed by atoms with Gasteiger partial charge in [-0.2, -0.15) is 0 Å². The SMILES string of the molecule is O=C1CCCN1CCC(=O)N1CCCC1CCCO. The van der Waals surface area contributed by atoms with Gasteiger partial charge in [0.1, 0.15) is 0 Å². The minimum atomic E-state index is 0.167. The molecule has 2 aliphatic heterocycles. The first kappa shape index (κ1) is 14.3. The predicted octanol–water partition coefficient (Wildman–Crippen LogP) is 0.762. The maximum atomic E-state index is 12.2. The summed E-state index contributed by atoms with van der Waals surface area (Å²) in [5, 5.41) is 8.88. The molecular weight excluding hydrogens is 244 g/mol. The minimum absolute atomic E-state index is 0.167. The van der Waals surface area contributed by atoms with E-state index in [-0.39, 0.29) is 18.4 Å². The van der Waals surface area contributed by atoms with Gasteiger partial charge in [-0.3, -0.25) is 9.59 Å². The van der Waals surface area contributed by atoms with Gasteiger partial charge in [-0.25, -0.2) is 0 Å². The highest BCUT2D eigenvalue weighted by Crippen LogP contribution is 2.22. The van der Waals surface area contributed by atoms with E-state index in [1.807, 2.05) is 4.90 Å². The third-order valence-electron chi connectivity index (χ3n) is 4.16. The maximum Gasteiger partial charge on any atom is 0.224 e. The van der Waals surface area contributed by atoms with Crippen LogP contribution in [0.15, 0.2) is 0 Å². The first-order valence-electron chi connectivity index (χ1n) is 7.40. The molecule has 0 aromatic carbocycles. The molecule has 1 N–H and O–H groups in total. The first-order valence-corrected chi connectivity index (χ1v) is 7.40. The summed E-state index contributed by atoms with van der Waals surface area (Å²) in [6, 6.07) is 0.300.